The molecule has 0 saturated heterocycles. The second-order valence-electron chi connectivity index (χ2n) is 7.74. The van der Waals surface area contributed by atoms with E-state index < -0.39 is 36.4 Å². The van der Waals surface area contributed by atoms with E-state index in [1.54, 1.807) is 7.11 Å². The Morgan fingerprint density at radius 2 is 1.53 bits per heavy atom. The molecule has 0 spiro atoms. The first-order chi connectivity index (χ1) is 16.0. The first kappa shape index (κ1) is 28.3. The van der Waals surface area contributed by atoms with Crippen molar-refractivity contribution in [3.05, 3.63) is 54.2 Å². The highest BCUT2D eigenvalue weighted by Crippen LogP contribution is 2.17. The molecular formula is C23H31N3O8. The highest BCUT2D eigenvalue weighted by atomic mass is 16.5. The summed E-state index contributed by atoms with van der Waals surface area (Å²) in [6.07, 6.45) is -0.449. The number of carbonyl (C=O) groups is 3. The Bertz CT molecular complexity index is 904. The first-order valence-electron chi connectivity index (χ1n) is 10.3. The molecule has 4 N–H and O–H groups in total. The van der Waals surface area contributed by atoms with Gasteiger partial charge in [0.05, 0.1) is 20.0 Å². The summed E-state index contributed by atoms with van der Waals surface area (Å²) in [6, 6.07) is 14.2. The number of aliphatic hydroxyl groups is 1. The average molecular weight is 478 g/mol. The zero-order valence-electron chi connectivity index (χ0n) is 19.4. The van der Waals surface area contributed by atoms with Crippen molar-refractivity contribution in [3.63, 3.8) is 0 Å². The molecule has 0 amide bonds. The largest absolute Gasteiger partial charge is 0.497 e. The smallest absolute Gasteiger partial charge is 0.336 e. The molecule has 1 aromatic heterocycles. The minimum absolute atomic E-state index is 0.842. The van der Waals surface area contributed by atoms with E-state index in [1.807, 2.05) is 30.5 Å². The van der Waals surface area contributed by atoms with Crippen LogP contribution in [0.15, 0.2) is 48.7 Å². The topological polar surface area (TPSA) is 161 Å². The molecule has 1 heterocycles. The van der Waals surface area contributed by atoms with Gasteiger partial charge in [-0.25, -0.2) is 9.78 Å². The number of carboxylic acid groups (broad SMARTS) is 3. The van der Waals surface area contributed by atoms with Crippen molar-refractivity contribution in [2.75, 3.05) is 39.2 Å². The number of aliphatic carboxylic acids is 3. The summed E-state index contributed by atoms with van der Waals surface area (Å²) in [4.78, 5) is 39.4. The fraction of sp³-hybridized carbons (Fsp3) is 0.391. The highest BCUT2D eigenvalue weighted by molar-refractivity contribution is 5.88. The highest BCUT2D eigenvalue weighted by Gasteiger charge is 2.40. The molecule has 2 aromatic rings. The number of hydrogen-bond acceptors (Lipinski definition) is 8. The van der Waals surface area contributed by atoms with Crippen LogP contribution in [0.2, 0.25) is 0 Å². The monoisotopic (exact) mass is 477 g/mol. The van der Waals surface area contributed by atoms with E-state index >= 15 is 0 Å². The third-order valence-corrected chi connectivity index (χ3v) is 4.61. The lowest BCUT2D eigenvalue weighted by atomic mass is 9.96. The van der Waals surface area contributed by atoms with Gasteiger partial charge in [-0.15, -0.1) is 0 Å². The van der Waals surface area contributed by atoms with Crippen LogP contribution in [0.3, 0.4) is 0 Å². The number of rotatable bonds is 12. The minimum atomic E-state index is -2.74. The van der Waals surface area contributed by atoms with Crippen molar-refractivity contribution < 1.29 is 39.5 Å². The third kappa shape index (κ3) is 10.3. The van der Waals surface area contributed by atoms with Crippen LogP contribution in [-0.4, -0.2) is 88.1 Å². The SMILES string of the molecule is COc1ccc(CN(CCN(C)C)c2ccccn2)cc1.O=C(O)CC(O)(CC(=O)O)C(=O)O. The van der Waals surface area contributed by atoms with Crippen LogP contribution in [0, 0.1) is 0 Å². The molecule has 0 unspecified atom stereocenters. The van der Waals surface area contributed by atoms with Gasteiger partial charge in [0.25, 0.3) is 0 Å². The van der Waals surface area contributed by atoms with E-state index in [1.165, 1.54) is 5.56 Å². The van der Waals surface area contributed by atoms with Gasteiger partial charge in [-0.2, -0.15) is 0 Å². The number of methoxy groups -OCH3 is 1. The summed E-state index contributed by atoms with van der Waals surface area (Å²) in [7, 11) is 5.86. The maximum absolute atomic E-state index is 10.3. The van der Waals surface area contributed by atoms with Crippen LogP contribution in [0.5, 0.6) is 5.75 Å². The average Bonchev–Trinajstić information content (AvgIpc) is 2.76. The zero-order valence-corrected chi connectivity index (χ0v) is 19.4. The molecule has 0 aliphatic carbocycles. The normalized spacial score (nSPS) is 10.7. The Hall–Kier alpha value is -3.70. The van der Waals surface area contributed by atoms with Crippen molar-refractivity contribution in [1.82, 2.24) is 9.88 Å². The van der Waals surface area contributed by atoms with Crippen LogP contribution in [-0.2, 0) is 20.9 Å². The number of carboxylic acids is 3. The van der Waals surface area contributed by atoms with Gasteiger partial charge in [-0.1, -0.05) is 18.2 Å². The van der Waals surface area contributed by atoms with Crippen molar-refractivity contribution in [2.24, 2.45) is 0 Å². The van der Waals surface area contributed by atoms with Gasteiger partial charge in [0, 0.05) is 25.8 Å². The number of aromatic nitrogens is 1. The van der Waals surface area contributed by atoms with Gasteiger partial charge in [0.15, 0.2) is 5.60 Å². The van der Waals surface area contributed by atoms with Crippen LogP contribution < -0.4 is 9.64 Å². The van der Waals surface area contributed by atoms with Crippen molar-refractivity contribution in [1.29, 1.82) is 0 Å². The fourth-order valence-electron chi connectivity index (χ4n) is 2.80. The Kier molecular flexibility index (Phi) is 11.5. The van der Waals surface area contributed by atoms with E-state index in [2.05, 4.69) is 47.1 Å². The second-order valence-corrected chi connectivity index (χ2v) is 7.74. The molecule has 2 rings (SSSR count). The van der Waals surface area contributed by atoms with E-state index in [0.717, 1.165) is 31.2 Å². The maximum Gasteiger partial charge on any atom is 0.336 e. The molecule has 0 aliphatic heterocycles. The Morgan fingerprint density at radius 3 is 1.94 bits per heavy atom. The molecule has 11 nitrogen and oxygen atoms in total. The van der Waals surface area contributed by atoms with Gasteiger partial charge in [0.1, 0.15) is 11.6 Å². The van der Waals surface area contributed by atoms with Crippen molar-refractivity contribution in [3.8, 4) is 5.75 Å². The van der Waals surface area contributed by atoms with Crippen LogP contribution in [0.4, 0.5) is 5.82 Å². The molecule has 1 aromatic carbocycles. The summed E-state index contributed by atoms with van der Waals surface area (Å²) in [5.41, 5.74) is -1.49. The first-order valence-corrected chi connectivity index (χ1v) is 10.3. The number of benzene rings is 1. The summed E-state index contributed by atoms with van der Waals surface area (Å²) in [6.45, 7) is 2.78. The summed E-state index contributed by atoms with van der Waals surface area (Å²) < 4.78 is 5.21. The van der Waals surface area contributed by atoms with E-state index in [-0.39, 0.29) is 0 Å². The molecule has 0 radical (unpaired) electrons. The number of hydrogen-bond donors (Lipinski definition) is 4. The van der Waals surface area contributed by atoms with Gasteiger partial charge >= 0.3 is 17.9 Å². The predicted molar refractivity (Wildman–Crippen MR) is 124 cm³/mol. The van der Waals surface area contributed by atoms with Crippen LogP contribution >= 0.6 is 0 Å². The Morgan fingerprint density at radius 1 is 0.941 bits per heavy atom. The molecule has 186 valence electrons. The van der Waals surface area contributed by atoms with E-state index in [9.17, 15) is 14.4 Å². The predicted octanol–water partition coefficient (Wildman–Crippen LogP) is 1.41. The molecular weight excluding hydrogens is 446 g/mol. The lowest BCUT2D eigenvalue weighted by Gasteiger charge is -2.25. The zero-order chi connectivity index (χ0) is 25.7. The number of pyridine rings is 1. The second kappa shape index (κ2) is 13.8. The standard InChI is InChI=1S/C17H23N3O.C6H8O7/c1-19(2)12-13-20(17-6-4-5-11-18-17)14-15-7-9-16(21-3)10-8-15;7-3(8)1-6(13,5(11)12)2-4(9)10/h4-11H,12-14H2,1-3H3;13H,1-2H2,(H,7,8)(H,9,10)(H,11,12). The quantitative estimate of drug-likeness (QED) is 0.350. The lowest BCUT2D eigenvalue weighted by molar-refractivity contribution is -0.170. The lowest BCUT2D eigenvalue weighted by Crippen LogP contribution is -2.42. The third-order valence-electron chi connectivity index (χ3n) is 4.61. The number of nitrogens with zero attached hydrogens (tertiary/aromatic N) is 3. The summed E-state index contributed by atoms with van der Waals surface area (Å²) >= 11 is 0. The Balaban J connectivity index is 0.000000385. The maximum atomic E-state index is 10.3. The molecule has 0 saturated carbocycles. The van der Waals surface area contributed by atoms with E-state index in [4.69, 9.17) is 25.2 Å². The van der Waals surface area contributed by atoms with Crippen molar-refractivity contribution in [2.45, 2.75) is 25.0 Å². The molecule has 0 bridgehead atoms. The summed E-state index contributed by atoms with van der Waals surface area (Å²) in [5, 5.41) is 33.8. The fourth-order valence-corrected chi connectivity index (χ4v) is 2.80. The number of likely N-dealkylation sites (N-methyl/N-ethyl adjacent to an activating group) is 1. The van der Waals surface area contributed by atoms with Gasteiger partial charge in [-0.05, 0) is 43.9 Å². The van der Waals surface area contributed by atoms with Crippen molar-refractivity contribution >= 4 is 23.7 Å². The molecule has 0 aliphatic rings. The van der Waals surface area contributed by atoms with Gasteiger partial charge < -0.3 is 35.0 Å². The Labute approximate surface area is 197 Å². The van der Waals surface area contributed by atoms with E-state index in [0.29, 0.717) is 0 Å². The van der Waals surface area contributed by atoms with Crippen LogP contribution in [0.25, 0.3) is 0 Å². The minimum Gasteiger partial charge on any atom is -0.497 e. The van der Waals surface area contributed by atoms with Crippen LogP contribution in [0.1, 0.15) is 18.4 Å². The summed E-state index contributed by atoms with van der Waals surface area (Å²) in [5.74, 6) is -3.12. The molecule has 0 atom stereocenters. The van der Waals surface area contributed by atoms with Gasteiger partial charge in [0.2, 0.25) is 0 Å². The molecule has 11 heteroatoms. The van der Waals surface area contributed by atoms with Gasteiger partial charge in [-0.3, -0.25) is 9.59 Å². The molecule has 0 fully saturated rings. The molecule has 34 heavy (non-hydrogen) atoms. The number of ether oxygens (including phenoxy) is 1. The number of anilines is 1.